The Balaban J connectivity index is 1.27. The zero-order valence-corrected chi connectivity index (χ0v) is 18.4. The molecule has 0 aromatic carbocycles. The molecule has 0 unspecified atom stereocenters. The molecule has 0 spiro atoms. The van der Waals surface area contributed by atoms with E-state index in [4.69, 9.17) is 9.72 Å². The van der Waals surface area contributed by atoms with Gasteiger partial charge in [-0.2, -0.15) is 18.2 Å². The summed E-state index contributed by atoms with van der Waals surface area (Å²) in [4.78, 5) is 21.6. The van der Waals surface area contributed by atoms with Gasteiger partial charge in [-0.3, -0.25) is 4.90 Å². The van der Waals surface area contributed by atoms with Crippen LogP contribution >= 0.6 is 0 Å². The second-order valence-electron chi connectivity index (χ2n) is 8.39. The highest BCUT2D eigenvalue weighted by atomic mass is 19.4. The first-order valence-electron chi connectivity index (χ1n) is 11.2. The summed E-state index contributed by atoms with van der Waals surface area (Å²) in [6.45, 7) is 5.31. The first-order valence-corrected chi connectivity index (χ1v) is 11.2. The molecule has 0 saturated carbocycles. The largest absolute Gasteiger partial charge is 0.471 e. The third-order valence-electron chi connectivity index (χ3n) is 5.97. The van der Waals surface area contributed by atoms with E-state index in [1.165, 1.54) is 0 Å². The molecule has 0 radical (unpaired) electrons. The second-order valence-corrected chi connectivity index (χ2v) is 8.39. The summed E-state index contributed by atoms with van der Waals surface area (Å²) >= 11 is 0. The van der Waals surface area contributed by atoms with Crippen LogP contribution in [0.25, 0.3) is 11.5 Å². The maximum absolute atomic E-state index is 12.8. The number of morpholine rings is 1. The van der Waals surface area contributed by atoms with Gasteiger partial charge in [-0.15, -0.1) is 0 Å². The lowest BCUT2D eigenvalue weighted by molar-refractivity contribution is -0.159. The number of piperidine rings is 1. The molecule has 180 valence electrons. The number of hydrogen-bond donors (Lipinski definition) is 0. The van der Waals surface area contributed by atoms with E-state index in [1.807, 2.05) is 12.1 Å². The minimum atomic E-state index is -4.69. The Morgan fingerprint density at radius 1 is 1.03 bits per heavy atom. The van der Waals surface area contributed by atoms with Crippen LogP contribution in [0, 0.1) is 0 Å². The number of ether oxygens (including phenoxy) is 1. The molecule has 2 fully saturated rings. The van der Waals surface area contributed by atoms with Gasteiger partial charge in [-0.25, -0.2) is 15.0 Å². The fourth-order valence-corrected chi connectivity index (χ4v) is 4.30. The molecule has 3 aromatic heterocycles. The maximum Gasteiger partial charge on any atom is 0.471 e. The van der Waals surface area contributed by atoms with Crippen LogP contribution in [-0.2, 0) is 17.5 Å². The summed E-state index contributed by atoms with van der Waals surface area (Å²) in [6, 6.07) is 7.17. The molecule has 0 amide bonds. The summed E-state index contributed by atoms with van der Waals surface area (Å²) in [6.07, 6.45) is -0.969. The highest BCUT2D eigenvalue weighted by molar-refractivity contribution is 5.48. The predicted octanol–water partition coefficient (Wildman–Crippen LogP) is 3.16. The molecule has 2 saturated heterocycles. The molecule has 5 heterocycles. The van der Waals surface area contributed by atoms with Crippen molar-refractivity contribution in [1.29, 1.82) is 0 Å². The van der Waals surface area contributed by atoms with Gasteiger partial charge in [-0.1, -0.05) is 11.2 Å². The number of anilines is 1. The normalized spacial score (nSPS) is 20.0. The zero-order valence-electron chi connectivity index (χ0n) is 18.4. The molecule has 0 N–H and O–H groups in total. The van der Waals surface area contributed by atoms with Gasteiger partial charge in [0.1, 0.15) is 5.69 Å². The van der Waals surface area contributed by atoms with Crippen molar-refractivity contribution in [2.24, 2.45) is 0 Å². The average Bonchev–Trinajstić information content (AvgIpc) is 3.37. The van der Waals surface area contributed by atoms with Crippen LogP contribution in [0.5, 0.6) is 0 Å². The molecule has 0 aliphatic carbocycles. The van der Waals surface area contributed by atoms with Crippen LogP contribution in [0.2, 0.25) is 0 Å². The third kappa shape index (κ3) is 5.17. The van der Waals surface area contributed by atoms with Crippen LogP contribution in [-0.4, -0.2) is 69.4 Å². The topological polar surface area (TPSA) is 93.3 Å². The summed E-state index contributed by atoms with van der Waals surface area (Å²) in [5.41, 5.74) is 2.02. The fraction of sp³-hybridized carbons (Fsp3) is 0.500. The lowest BCUT2D eigenvalue weighted by Gasteiger charge is -2.32. The van der Waals surface area contributed by atoms with E-state index in [0.29, 0.717) is 19.8 Å². The van der Waals surface area contributed by atoms with Gasteiger partial charge in [-0.05, 0) is 37.6 Å². The fourth-order valence-electron chi connectivity index (χ4n) is 4.30. The van der Waals surface area contributed by atoms with E-state index in [-0.39, 0.29) is 17.4 Å². The minimum Gasteiger partial charge on any atom is -0.378 e. The average molecular weight is 475 g/mol. The molecule has 9 nitrogen and oxygen atoms in total. The molecule has 0 bridgehead atoms. The predicted molar refractivity (Wildman–Crippen MR) is 115 cm³/mol. The Bertz CT molecular complexity index is 1120. The van der Waals surface area contributed by atoms with Crippen LogP contribution in [0.4, 0.5) is 19.1 Å². The van der Waals surface area contributed by atoms with Crippen molar-refractivity contribution in [3.63, 3.8) is 0 Å². The van der Waals surface area contributed by atoms with Crippen LogP contribution in [0.3, 0.4) is 0 Å². The molecule has 1 atom stereocenters. The molecule has 12 heteroatoms. The summed E-state index contributed by atoms with van der Waals surface area (Å²) in [7, 11) is 0. The number of pyridine rings is 1. The molecular weight excluding hydrogens is 451 g/mol. The van der Waals surface area contributed by atoms with Crippen molar-refractivity contribution in [1.82, 2.24) is 30.0 Å². The molecule has 2 aliphatic rings. The summed E-state index contributed by atoms with van der Waals surface area (Å²) in [5.74, 6) is -0.677. The number of halogens is 3. The van der Waals surface area contributed by atoms with Gasteiger partial charge in [0.15, 0.2) is 0 Å². The van der Waals surface area contributed by atoms with Gasteiger partial charge >= 0.3 is 12.1 Å². The highest BCUT2D eigenvalue weighted by Crippen LogP contribution is 2.31. The van der Waals surface area contributed by atoms with Crippen molar-refractivity contribution in [2.75, 3.05) is 44.3 Å². The van der Waals surface area contributed by atoms with Gasteiger partial charge in [0, 0.05) is 44.0 Å². The van der Waals surface area contributed by atoms with Gasteiger partial charge < -0.3 is 14.2 Å². The molecule has 3 aromatic rings. The molecule has 5 rings (SSSR count). The van der Waals surface area contributed by atoms with E-state index in [0.717, 1.165) is 56.4 Å². The van der Waals surface area contributed by atoms with Gasteiger partial charge in [0.25, 0.3) is 0 Å². The Morgan fingerprint density at radius 2 is 1.88 bits per heavy atom. The van der Waals surface area contributed by atoms with Crippen molar-refractivity contribution >= 4 is 5.95 Å². The van der Waals surface area contributed by atoms with Crippen molar-refractivity contribution in [3.05, 3.63) is 47.7 Å². The monoisotopic (exact) mass is 475 g/mol. The van der Waals surface area contributed by atoms with Gasteiger partial charge in [0.2, 0.25) is 11.8 Å². The Kier molecular flexibility index (Phi) is 6.42. The van der Waals surface area contributed by atoms with E-state index >= 15 is 0 Å². The Morgan fingerprint density at radius 3 is 2.68 bits per heavy atom. The van der Waals surface area contributed by atoms with Crippen molar-refractivity contribution in [2.45, 2.75) is 31.5 Å². The first kappa shape index (κ1) is 22.7. The van der Waals surface area contributed by atoms with Crippen molar-refractivity contribution < 1.29 is 22.4 Å². The standard InChI is InChI=1S/C22H24F3N7O2/c23-22(24,25)20-29-19(30-34-20)18-5-1-4-17(28-18)15-3-2-8-31(13-15)14-16-6-7-26-21(27-16)32-9-11-33-12-10-32/h1,4-7,15H,2-3,8-14H2/t15-/m1/s1. The molecule has 34 heavy (non-hydrogen) atoms. The van der Waals surface area contributed by atoms with E-state index < -0.39 is 12.1 Å². The quantitative estimate of drug-likeness (QED) is 0.552. The lowest BCUT2D eigenvalue weighted by atomic mass is 9.94. The summed E-state index contributed by atoms with van der Waals surface area (Å²) in [5, 5.41) is 3.45. The number of rotatable bonds is 5. The second kappa shape index (κ2) is 9.63. The Hall–Kier alpha value is -3.12. The number of likely N-dealkylation sites (tertiary alicyclic amines) is 1. The minimum absolute atomic E-state index is 0.142. The zero-order chi connectivity index (χ0) is 23.5. The summed E-state index contributed by atoms with van der Waals surface area (Å²) < 4.78 is 48.2. The first-order chi connectivity index (χ1) is 16.5. The number of aromatic nitrogens is 5. The smallest absolute Gasteiger partial charge is 0.378 e. The Labute approximate surface area is 194 Å². The third-order valence-corrected chi connectivity index (χ3v) is 5.97. The number of nitrogens with zero attached hydrogens (tertiary/aromatic N) is 7. The molecule has 2 aliphatic heterocycles. The van der Waals surface area contributed by atoms with E-state index in [1.54, 1.807) is 18.3 Å². The van der Waals surface area contributed by atoms with Gasteiger partial charge in [0.05, 0.1) is 18.9 Å². The van der Waals surface area contributed by atoms with Crippen LogP contribution in [0.1, 0.15) is 36.0 Å². The van der Waals surface area contributed by atoms with E-state index in [2.05, 4.69) is 34.4 Å². The van der Waals surface area contributed by atoms with Crippen LogP contribution in [0.15, 0.2) is 35.0 Å². The highest BCUT2D eigenvalue weighted by Gasteiger charge is 2.38. The van der Waals surface area contributed by atoms with Crippen LogP contribution < -0.4 is 4.90 Å². The van der Waals surface area contributed by atoms with Crippen molar-refractivity contribution in [3.8, 4) is 11.5 Å². The number of alkyl halides is 3. The number of hydrogen-bond acceptors (Lipinski definition) is 9. The molecular formula is C22H24F3N7O2. The maximum atomic E-state index is 12.8. The van der Waals surface area contributed by atoms with E-state index in [9.17, 15) is 13.2 Å². The lowest BCUT2D eigenvalue weighted by Crippen LogP contribution is -2.38. The SMILES string of the molecule is FC(F)(F)c1nc(-c2cccc([C@@H]3CCCN(Cc4ccnc(N5CCOCC5)n4)C3)n2)no1.